The third-order valence-corrected chi connectivity index (χ3v) is 3.12. The first kappa shape index (κ1) is 14.9. The average molecular weight is 215 g/mol. The number of hydrogen-bond donors (Lipinski definition) is 1. The normalized spacial score (nSPS) is 16.4. The van der Waals surface area contributed by atoms with Crippen molar-refractivity contribution in [3.05, 3.63) is 0 Å². The first-order chi connectivity index (χ1) is 6.97. The summed E-state index contributed by atoms with van der Waals surface area (Å²) >= 11 is 0. The van der Waals surface area contributed by atoms with Crippen molar-refractivity contribution in [3.63, 3.8) is 0 Å². The molecule has 0 bridgehead atoms. The van der Waals surface area contributed by atoms with E-state index < -0.39 is 0 Å². The average Bonchev–Trinajstić information content (AvgIpc) is 2.14. The molecule has 1 N–H and O–H groups in total. The highest BCUT2D eigenvalue weighted by atomic mass is 16.5. The minimum atomic E-state index is -0.0640. The van der Waals surface area contributed by atoms with Crippen molar-refractivity contribution in [1.29, 1.82) is 0 Å². The van der Waals surface area contributed by atoms with Crippen molar-refractivity contribution >= 4 is 0 Å². The molecule has 92 valence electrons. The number of likely N-dealkylation sites (N-methyl/N-ethyl adjacent to an activating group) is 1. The molecule has 0 radical (unpaired) electrons. The molecule has 0 aliphatic rings. The summed E-state index contributed by atoms with van der Waals surface area (Å²) in [6.07, 6.45) is 3.77. The monoisotopic (exact) mass is 215 g/mol. The van der Waals surface area contributed by atoms with Crippen LogP contribution in [0.5, 0.6) is 0 Å². The van der Waals surface area contributed by atoms with Crippen LogP contribution in [0.4, 0.5) is 0 Å². The fraction of sp³-hybridized carbons (Fsp3) is 1.00. The van der Waals surface area contributed by atoms with Gasteiger partial charge in [0.1, 0.15) is 0 Å². The van der Waals surface area contributed by atoms with Gasteiger partial charge in [-0.25, -0.2) is 0 Å². The predicted molar refractivity (Wildman–Crippen MR) is 67.2 cm³/mol. The van der Waals surface area contributed by atoms with Gasteiger partial charge >= 0.3 is 0 Å². The van der Waals surface area contributed by atoms with Crippen molar-refractivity contribution in [2.45, 2.75) is 65.5 Å². The van der Waals surface area contributed by atoms with Gasteiger partial charge in [0.2, 0.25) is 0 Å². The van der Waals surface area contributed by atoms with E-state index in [1.165, 1.54) is 19.3 Å². The van der Waals surface area contributed by atoms with Crippen LogP contribution < -0.4 is 5.32 Å². The summed E-state index contributed by atoms with van der Waals surface area (Å²) in [6, 6.07) is 0.444. The van der Waals surface area contributed by atoms with Gasteiger partial charge in [0, 0.05) is 12.6 Å². The van der Waals surface area contributed by atoms with Crippen molar-refractivity contribution in [2.75, 3.05) is 13.7 Å². The van der Waals surface area contributed by atoms with Crippen LogP contribution in [0.1, 0.15) is 53.9 Å². The molecular formula is C13H29NO. The van der Waals surface area contributed by atoms with Gasteiger partial charge in [-0.05, 0) is 40.2 Å². The maximum atomic E-state index is 5.80. The molecule has 15 heavy (non-hydrogen) atoms. The lowest BCUT2D eigenvalue weighted by molar-refractivity contribution is -0.0416. The van der Waals surface area contributed by atoms with Crippen LogP contribution in [0.25, 0.3) is 0 Å². The van der Waals surface area contributed by atoms with E-state index in [1.54, 1.807) is 0 Å². The number of nitrogens with one attached hydrogen (secondary N) is 1. The predicted octanol–water partition coefficient (Wildman–Crippen LogP) is 3.22. The number of hydrogen-bond acceptors (Lipinski definition) is 2. The molecule has 0 aliphatic heterocycles. The molecule has 0 saturated heterocycles. The van der Waals surface area contributed by atoms with E-state index in [9.17, 15) is 0 Å². The van der Waals surface area contributed by atoms with Gasteiger partial charge in [0.05, 0.1) is 5.60 Å². The summed E-state index contributed by atoms with van der Waals surface area (Å²) in [5.41, 5.74) is -0.0640. The van der Waals surface area contributed by atoms with Gasteiger partial charge in [0.15, 0.2) is 0 Å². The summed E-state index contributed by atoms with van der Waals surface area (Å²) in [7, 11) is 2.03. The molecule has 0 aromatic rings. The minimum absolute atomic E-state index is 0.0640. The quantitative estimate of drug-likeness (QED) is 0.671. The molecule has 2 heteroatoms. The van der Waals surface area contributed by atoms with Gasteiger partial charge in [-0.1, -0.05) is 26.7 Å². The third kappa shape index (κ3) is 5.53. The molecule has 2 unspecified atom stereocenters. The van der Waals surface area contributed by atoms with Gasteiger partial charge < -0.3 is 10.1 Å². The van der Waals surface area contributed by atoms with Crippen molar-refractivity contribution in [2.24, 2.45) is 5.92 Å². The molecule has 0 aromatic heterocycles. The summed E-state index contributed by atoms with van der Waals surface area (Å²) in [6.45, 7) is 11.8. The SMILES string of the molecule is CCCC(C)CC(NC)C(C)(C)OCC. The van der Waals surface area contributed by atoms with Crippen LogP contribution >= 0.6 is 0 Å². The second kappa shape index (κ2) is 7.24. The van der Waals surface area contributed by atoms with Crippen LogP contribution in [0.3, 0.4) is 0 Å². The van der Waals surface area contributed by atoms with Gasteiger partial charge in [-0.15, -0.1) is 0 Å². The fourth-order valence-electron chi connectivity index (χ4n) is 2.23. The highest BCUT2D eigenvalue weighted by molar-refractivity contribution is 4.85. The van der Waals surface area contributed by atoms with Gasteiger partial charge in [-0.3, -0.25) is 0 Å². The summed E-state index contributed by atoms with van der Waals surface area (Å²) in [5, 5.41) is 3.39. The molecular weight excluding hydrogens is 186 g/mol. The Kier molecular flexibility index (Phi) is 7.20. The Hall–Kier alpha value is -0.0800. The molecule has 0 rings (SSSR count). The van der Waals surface area contributed by atoms with E-state index in [1.807, 2.05) is 7.05 Å². The third-order valence-electron chi connectivity index (χ3n) is 3.12. The molecule has 0 aliphatic carbocycles. The molecule has 0 fully saturated rings. The minimum Gasteiger partial charge on any atom is -0.374 e. The Morgan fingerprint density at radius 1 is 1.27 bits per heavy atom. The van der Waals surface area contributed by atoms with E-state index in [0.717, 1.165) is 12.5 Å². The van der Waals surface area contributed by atoms with E-state index in [0.29, 0.717) is 6.04 Å². The Morgan fingerprint density at radius 2 is 1.87 bits per heavy atom. The molecule has 0 amide bonds. The summed E-state index contributed by atoms with van der Waals surface area (Å²) < 4.78 is 5.80. The topological polar surface area (TPSA) is 21.3 Å². The molecule has 2 atom stereocenters. The Labute approximate surface area is 95.8 Å². The van der Waals surface area contributed by atoms with Crippen molar-refractivity contribution in [1.82, 2.24) is 5.32 Å². The maximum absolute atomic E-state index is 5.80. The van der Waals surface area contributed by atoms with Crippen molar-refractivity contribution in [3.8, 4) is 0 Å². The smallest absolute Gasteiger partial charge is 0.0778 e. The van der Waals surface area contributed by atoms with Crippen LogP contribution in [-0.2, 0) is 4.74 Å². The zero-order valence-electron chi connectivity index (χ0n) is 11.4. The van der Waals surface area contributed by atoms with Crippen molar-refractivity contribution < 1.29 is 4.74 Å². The first-order valence-electron chi connectivity index (χ1n) is 6.29. The largest absolute Gasteiger partial charge is 0.374 e. The lowest BCUT2D eigenvalue weighted by atomic mass is 9.88. The number of rotatable bonds is 8. The fourth-order valence-corrected chi connectivity index (χ4v) is 2.23. The van der Waals surface area contributed by atoms with Crippen LogP contribution in [-0.4, -0.2) is 25.3 Å². The van der Waals surface area contributed by atoms with E-state index in [2.05, 4.69) is 39.9 Å². The van der Waals surface area contributed by atoms with Crippen LogP contribution in [0.15, 0.2) is 0 Å². The Bertz CT molecular complexity index is 157. The van der Waals surface area contributed by atoms with Gasteiger partial charge in [-0.2, -0.15) is 0 Å². The molecule has 2 nitrogen and oxygen atoms in total. The first-order valence-corrected chi connectivity index (χ1v) is 6.29. The molecule has 0 saturated carbocycles. The zero-order valence-corrected chi connectivity index (χ0v) is 11.4. The summed E-state index contributed by atoms with van der Waals surface area (Å²) in [5.74, 6) is 0.771. The lowest BCUT2D eigenvalue weighted by Gasteiger charge is -2.35. The number of ether oxygens (including phenoxy) is 1. The molecule has 0 spiro atoms. The second-order valence-corrected chi connectivity index (χ2v) is 5.01. The lowest BCUT2D eigenvalue weighted by Crippen LogP contribution is -2.48. The second-order valence-electron chi connectivity index (χ2n) is 5.01. The zero-order chi connectivity index (χ0) is 11.9. The van der Waals surface area contributed by atoms with E-state index in [-0.39, 0.29) is 5.60 Å². The van der Waals surface area contributed by atoms with Crippen LogP contribution in [0, 0.1) is 5.92 Å². The summed E-state index contributed by atoms with van der Waals surface area (Å²) in [4.78, 5) is 0. The maximum Gasteiger partial charge on any atom is 0.0778 e. The highest BCUT2D eigenvalue weighted by Crippen LogP contribution is 2.22. The van der Waals surface area contributed by atoms with Gasteiger partial charge in [0.25, 0.3) is 0 Å². The van der Waals surface area contributed by atoms with Crippen LogP contribution in [0.2, 0.25) is 0 Å². The molecule has 0 aromatic carbocycles. The van der Waals surface area contributed by atoms with E-state index >= 15 is 0 Å². The van der Waals surface area contributed by atoms with E-state index in [4.69, 9.17) is 4.74 Å². The Balaban J connectivity index is 4.21. The molecule has 0 heterocycles. The standard InChI is InChI=1S/C13H29NO/c1-7-9-11(3)10-12(14-6)13(4,5)15-8-2/h11-12,14H,7-10H2,1-6H3. The highest BCUT2D eigenvalue weighted by Gasteiger charge is 2.29. The Morgan fingerprint density at radius 3 is 2.27 bits per heavy atom.